The molecule has 0 amide bonds. The molecular formula is C28H47N5OSi. The number of piperidine rings is 1. The van der Waals surface area contributed by atoms with Crippen LogP contribution in [-0.4, -0.2) is 46.6 Å². The number of hydrogen-bond donors (Lipinski definition) is 1. The minimum Gasteiger partial charge on any atom is -0.409 e. The average molecular weight is 498 g/mol. The lowest BCUT2D eigenvalue weighted by Crippen LogP contribution is -2.45. The second-order valence-corrected chi connectivity index (χ2v) is 17.4. The van der Waals surface area contributed by atoms with Crippen molar-refractivity contribution in [3.63, 3.8) is 0 Å². The van der Waals surface area contributed by atoms with Gasteiger partial charge in [0.15, 0.2) is 14.1 Å². The summed E-state index contributed by atoms with van der Waals surface area (Å²) in [5, 5.41) is 9.50. The van der Waals surface area contributed by atoms with Gasteiger partial charge >= 0.3 is 0 Å². The molecular weight excluding hydrogens is 450 g/mol. The standard InChI is InChI=1S/C28H47N5OSi/c1-20(2)27-31-30-26(19-34-35(6,7)28(3,4)5)33(27)24-17-22-13-14-23(18-24)32(22)16-15-25(29)21-11-9-8-10-12-21/h8-12,20,22-25H,13-19,29H2,1-7H3/t22?,23?,24?,25-/m0/s1. The first-order chi connectivity index (χ1) is 16.5. The van der Waals surface area contributed by atoms with E-state index in [9.17, 15) is 0 Å². The maximum absolute atomic E-state index is 6.59. The summed E-state index contributed by atoms with van der Waals surface area (Å²) < 4.78 is 9.06. The van der Waals surface area contributed by atoms with Gasteiger partial charge in [-0.15, -0.1) is 10.2 Å². The number of nitrogens with zero attached hydrogens (tertiary/aromatic N) is 4. The first-order valence-electron chi connectivity index (χ1n) is 13.6. The quantitative estimate of drug-likeness (QED) is 0.419. The maximum atomic E-state index is 6.59. The Kier molecular flexibility index (Phi) is 7.91. The summed E-state index contributed by atoms with van der Waals surface area (Å²) in [7, 11) is -1.85. The number of nitrogens with two attached hydrogens (primary N) is 1. The van der Waals surface area contributed by atoms with Crippen LogP contribution in [-0.2, 0) is 11.0 Å². The van der Waals surface area contributed by atoms with Crippen LogP contribution in [0.2, 0.25) is 18.1 Å². The molecule has 0 saturated carbocycles. The molecule has 1 aromatic heterocycles. The molecule has 2 N–H and O–H groups in total. The molecule has 3 heterocycles. The summed E-state index contributed by atoms with van der Waals surface area (Å²) in [4.78, 5) is 2.75. The molecule has 0 radical (unpaired) electrons. The predicted molar refractivity (Wildman–Crippen MR) is 146 cm³/mol. The zero-order chi connectivity index (χ0) is 25.4. The molecule has 7 heteroatoms. The van der Waals surface area contributed by atoms with E-state index < -0.39 is 8.32 Å². The molecule has 3 atom stereocenters. The van der Waals surface area contributed by atoms with E-state index in [1.807, 2.05) is 0 Å². The van der Waals surface area contributed by atoms with Crippen molar-refractivity contribution in [3.05, 3.63) is 47.5 Å². The summed E-state index contributed by atoms with van der Waals surface area (Å²) in [6, 6.07) is 12.3. The molecule has 194 valence electrons. The minimum atomic E-state index is -1.85. The first kappa shape index (κ1) is 26.5. The third-order valence-electron chi connectivity index (χ3n) is 8.83. The van der Waals surface area contributed by atoms with E-state index in [1.165, 1.54) is 31.2 Å². The normalized spacial score (nSPS) is 24.3. The summed E-state index contributed by atoms with van der Waals surface area (Å²) in [5.41, 5.74) is 7.78. The van der Waals surface area contributed by atoms with Gasteiger partial charge in [-0.2, -0.15) is 0 Å². The fourth-order valence-corrected chi connectivity index (χ4v) is 6.59. The van der Waals surface area contributed by atoms with Crippen molar-refractivity contribution in [2.75, 3.05) is 6.54 Å². The summed E-state index contributed by atoms with van der Waals surface area (Å²) in [6.45, 7) is 17.6. The van der Waals surface area contributed by atoms with Crippen molar-refractivity contribution >= 4 is 8.32 Å². The smallest absolute Gasteiger partial charge is 0.192 e. The summed E-state index contributed by atoms with van der Waals surface area (Å²) >= 11 is 0. The average Bonchev–Trinajstić information content (AvgIpc) is 3.33. The van der Waals surface area contributed by atoms with Gasteiger partial charge in [-0.3, -0.25) is 4.90 Å². The predicted octanol–water partition coefficient (Wildman–Crippen LogP) is 6.18. The van der Waals surface area contributed by atoms with Crippen LogP contribution in [0, 0.1) is 0 Å². The molecule has 2 saturated heterocycles. The van der Waals surface area contributed by atoms with Gasteiger partial charge < -0.3 is 14.7 Å². The fraction of sp³-hybridized carbons (Fsp3) is 0.714. The minimum absolute atomic E-state index is 0.109. The molecule has 6 nitrogen and oxygen atoms in total. The lowest BCUT2D eigenvalue weighted by Gasteiger charge is -2.41. The highest BCUT2D eigenvalue weighted by molar-refractivity contribution is 6.74. The molecule has 2 unspecified atom stereocenters. The van der Waals surface area contributed by atoms with Crippen LogP contribution in [0.1, 0.15) is 102 Å². The summed E-state index contributed by atoms with van der Waals surface area (Å²) in [6.07, 6.45) is 5.92. The fourth-order valence-electron chi connectivity index (χ4n) is 5.67. The van der Waals surface area contributed by atoms with Gasteiger partial charge in [0.1, 0.15) is 5.82 Å². The van der Waals surface area contributed by atoms with E-state index in [0.717, 1.165) is 24.6 Å². The SMILES string of the molecule is CC(C)c1nnc(CO[Si](C)(C)C(C)(C)C)n1C1CC2CCC(C1)N2CC[C@H](N)c1ccccc1. The zero-order valence-electron chi connectivity index (χ0n) is 23.0. The van der Waals surface area contributed by atoms with Crippen LogP contribution >= 0.6 is 0 Å². The molecule has 2 aliphatic rings. The van der Waals surface area contributed by atoms with Crippen LogP contribution in [0.5, 0.6) is 0 Å². The largest absolute Gasteiger partial charge is 0.409 e. The van der Waals surface area contributed by atoms with Crippen LogP contribution in [0.25, 0.3) is 0 Å². The third kappa shape index (κ3) is 5.73. The highest BCUT2D eigenvalue weighted by atomic mass is 28.4. The number of hydrogen-bond acceptors (Lipinski definition) is 5. The zero-order valence-corrected chi connectivity index (χ0v) is 24.0. The molecule has 1 aromatic carbocycles. The van der Waals surface area contributed by atoms with Crippen molar-refractivity contribution in [3.8, 4) is 0 Å². The van der Waals surface area contributed by atoms with Crippen LogP contribution < -0.4 is 5.73 Å². The number of benzene rings is 1. The number of aromatic nitrogens is 3. The first-order valence-corrected chi connectivity index (χ1v) is 16.5. The second kappa shape index (κ2) is 10.4. The lowest BCUT2D eigenvalue weighted by molar-refractivity contribution is 0.0991. The van der Waals surface area contributed by atoms with E-state index in [0.29, 0.717) is 30.7 Å². The number of rotatable bonds is 9. The van der Waals surface area contributed by atoms with Gasteiger partial charge in [0.05, 0.1) is 6.61 Å². The van der Waals surface area contributed by atoms with Gasteiger partial charge in [-0.05, 0) is 55.8 Å². The highest BCUT2D eigenvalue weighted by Gasteiger charge is 2.43. The molecule has 0 aliphatic carbocycles. The lowest BCUT2D eigenvalue weighted by atomic mass is 9.95. The van der Waals surface area contributed by atoms with Crippen molar-refractivity contribution in [1.29, 1.82) is 0 Å². The second-order valence-electron chi connectivity index (χ2n) is 12.6. The maximum Gasteiger partial charge on any atom is 0.192 e. The molecule has 35 heavy (non-hydrogen) atoms. The molecule has 2 fully saturated rings. The molecule has 4 rings (SSSR count). The Hall–Kier alpha value is -1.54. The van der Waals surface area contributed by atoms with Gasteiger partial charge in [-0.25, -0.2) is 0 Å². The number of fused-ring (bicyclic) bond motifs is 2. The van der Waals surface area contributed by atoms with E-state index >= 15 is 0 Å². The summed E-state index contributed by atoms with van der Waals surface area (Å²) in [5.74, 6) is 2.48. The third-order valence-corrected chi connectivity index (χ3v) is 13.3. The van der Waals surface area contributed by atoms with E-state index in [-0.39, 0.29) is 11.1 Å². The van der Waals surface area contributed by atoms with E-state index in [1.54, 1.807) is 0 Å². The van der Waals surface area contributed by atoms with Crippen molar-refractivity contribution in [2.45, 2.75) is 122 Å². The van der Waals surface area contributed by atoms with E-state index in [2.05, 4.69) is 97.7 Å². The van der Waals surface area contributed by atoms with Gasteiger partial charge in [0, 0.05) is 36.6 Å². The van der Waals surface area contributed by atoms with Crippen molar-refractivity contribution in [2.24, 2.45) is 5.73 Å². The van der Waals surface area contributed by atoms with Crippen molar-refractivity contribution in [1.82, 2.24) is 19.7 Å². The molecule has 2 bridgehead atoms. The Morgan fingerprint density at radius 1 is 1.03 bits per heavy atom. The molecule has 2 aromatic rings. The van der Waals surface area contributed by atoms with Gasteiger partial charge in [0.25, 0.3) is 0 Å². The van der Waals surface area contributed by atoms with Gasteiger partial charge in [0.2, 0.25) is 0 Å². The topological polar surface area (TPSA) is 69.2 Å². The van der Waals surface area contributed by atoms with Crippen molar-refractivity contribution < 1.29 is 4.43 Å². The van der Waals surface area contributed by atoms with Crippen LogP contribution in [0.15, 0.2) is 30.3 Å². The Morgan fingerprint density at radius 3 is 2.23 bits per heavy atom. The monoisotopic (exact) mass is 497 g/mol. The Morgan fingerprint density at radius 2 is 1.66 bits per heavy atom. The molecule has 2 aliphatic heterocycles. The molecule has 0 spiro atoms. The van der Waals surface area contributed by atoms with Crippen LogP contribution in [0.4, 0.5) is 0 Å². The van der Waals surface area contributed by atoms with E-state index in [4.69, 9.17) is 10.2 Å². The Balaban J connectivity index is 1.45. The van der Waals surface area contributed by atoms with Crippen LogP contribution in [0.3, 0.4) is 0 Å². The Bertz CT molecular complexity index is 953. The Labute approximate surface area is 213 Å². The van der Waals surface area contributed by atoms with Gasteiger partial charge in [-0.1, -0.05) is 65.0 Å². The highest BCUT2D eigenvalue weighted by Crippen LogP contribution is 2.43.